The summed E-state index contributed by atoms with van der Waals surface area (Å²) in [5.74, 6) is 5.54. The molecule has 0 aliphatic heterocycles. The zero-order chi connectivity index (χ0) is 33.7. The third-order valence-corrected chi connectivity index (χ3v) is 7.83. The molecule has 0 aromatic heterocycles. The lowest BCUT2D eigenvalue weighted by molar-refractivity contribution is -0.142. The largest absolute Gasteiger partial charge is 0.480 e. The van der Waals surface area contributed by atoms with Gasteiger partial charge in [0.2, 0.25) is 11.8 Å². The standard InChI is InChI=1S/C31H51N5O10/c1-21(2)27(28(38)35-25(29(39)40)10-7-12-33-30(32)41)36-26(37)11-14-43-16-18-45-19-17-44-15-13-34-31(42)46-20-24-22-8-5-3-4-6-9-23(22)24/h21-25,27H,5-20H2,1-2H3,(H,34,42)(H,35,38)(H,36,37)(H,39,40)(H3,32,33,41)/t22-,23+,24?,25-,27-/m0/s1. The Hall–Kier alpha value is -3.61. The van der Waals surface area contributed by atoms with Crippen LogP contribution in [-0.2, 0) is 33.3 Å². The van der Waals surface area contributed by atoms with E-state index in [1.807, 2.05) is 0 Å². The van der Waals surface area contributed by atoms with Gasteiger partial charge in [-0.1, -0.05) is 13.8 Å². The maximum Gasteiger partial charge on any atom is 0.407 e. The van der Waals surface area contributed by atoms with Crippen molar-refractivity contribution in [2.24, 2.45) is 29.4 Å². The van der Waals surface area contributed by atoms with Crippen molar-refractivity contribution in [3.8, 4) is 11.8 Å². The SMILES string of the molecule is CC(C)[C@H](NC(=O)CCOCCOCCOCCNC(=O)OCC1[C@H]2CCC#CCC[C@@H]12)C(=O)N[C@@H](CCCNC(N)=O)C(=O)O. The predicted molar refractivity (Wildman–Crippen MR) is 166 cm³/mol. The number of nitrogens with one attached hydrogen (secondary N) is 4. The van der Waals surface area contributed by atoms with Gasteiger partial charge in [0.1, 0.15) is 12.1 Å². The molecule has 1 saturated carbocycles. The van der Waals surface area contributed by atoms with E-state index in [0.717, 1.165) is 25.7 Å². The van der Waals surface area contributed by atoms with Gasteiger partial charge in [-0.25, -0.2) is 14.4 Å². The number of nitrogens with two attached hydrogens (primary N) is 1. The first-order chi connectivity index (χ1) is 22.1. The molecule has 5 amide bonds. The lowest BCUT2D eigenvalue weighted by Crippen LogP contribution is -2.53. The number of urea groups is 1. The van der Waals surface area contributed by atoms with Gasteiger partial charge in [0.05, 0.1) is 46.2 Å². The van der Waals surface area contributed by atoms with Crippen LogP contribution >= 0.6 is 0 Å². The van der Waals surface area contributed by atoms with E-state index in [4.69, 9.17) is 24.7 Å². The maximum atomic E-state index is 12.7. The fourth-order valence-electron chi connectivity index (χ4n) is 5.25. The van der Waals surface area contributed by atoms with Gasteiger partial charge in [-0.05, 0) is 49.4 Å². The summed E-state index contributed by atoms with van der Waals surface area (Å²) in [6.45, 7) is 6.12. The quantitative estimate of drug-likeness (QED) is 0.0672. The van der Waals surface area contributed by atoms with Crippen molar-refractivity contribution in [1.29, 1.82) is 0 Å². The number of aliphatic carboxylic acids is 1. The summed E-state index contributed by atoms with van der Waals surface area (Å²) in [7, 11) is 0. The van der Waals surface area contributed by atoms with E-state index >= 15 is 0 Å². The molecule has 7 N–H and O–H groups in total. The number of carbonyl (C=O) groups is 5. The predicted octanol–water partition coefficient (Wildman–Crippen LogP) is 0.751. The molecule has 0 spiro atoms. The average molecular weight is 654 g/mol. The number of rotatable bonds is 23. The maximum absolute atomic E-state index is 12.7. The Bertz CT molecular complexity index is 1030. The van der Waals surface area contributed by atoms with Gasteiger partial charge in [0, 0.05) is 32.4 Å². The Labute approximate surface area is 270 Å². The van der Waals surface area contributed by atoms with Gasteiger partial charge in [-0.15, -0.1) is 11.8 Å². The molecule has 1 unspecified atom stereocenters. The number of carbonyl (C=O) groups excluding carboxylic acids is 4. The van der Waals surface area contributed by atoms with Crippen molar-refractivity contribution < 1.29 is 48.0 Å². The summed E-state index contributed by atoms with van der Waals surface area (Å²) >= 11 is 0. The van der Waals surface area contributed by atoms with Crippen molar-refractivity contribution in [1.82, 2.24) is 21.3 Å². The third-order valence-electron chi connectivity index (χ3n) is 7.83. The van der Waals surface area contributed by atoms with Crippen LogP contribution in [0.2, 0.25) is 0 Å². The van der Waals surface area contributed by atoms with E-state index in [0.29, 0.717) is 63.8 Å². The molecule has 260 valence electrons. The van der Waals surface area contributed by atoms with Crippen LogP contribution in [0.5, 0.6) is 0 Å². The van der Waals surface area contributed by atoms with Crippen molar-refractivity contribution in [2.75, 3.05) is 59.3 Å². The highest BCUT2D eigenvalue weighted by Gasteiger charge is 2.49. The summed E-state index contributed by atoms with van der Waals surface area (Å²) in [6, 6.07) is -2.83. The van der Waals surface area contributed by atoms with Gasteiger partial charge >= 0.3 is 18.1 Å². The zero-order valence-corrected chi connectivity index (χ0v) is 27.0. The highest BCUT2D eigenvalue weighted by Crippen LogP contribution is 2.52. The first-order valence-electron chi connectivity index (χ1n) is 16.1. The van der Waals surface area contributed by atoms with E-state index in [1.165, 1.54) is 0 Å². The second kappa shape index (κ2) is 22.0. The molecule has 2 aliphatic carbocycles. The van der Waals surface area contributed by atoms with E-state index in [9.17, 15) is 29.1 Å². The van der Waals surface area contributed by atoms with Crippen LogP contribution in [-0.4, -0.2) is 106 Å². The van der Waals surface area contributed by atoms with E-state index in [-0.39, 0.29) is 38.5 Å². The fourth-order valence-corrected chi connectivity index (χ4v) is 5.25. The molecule has 1 fully saturated rings. The first kappa shape index (κ1) is 38.6. The highest BCUT2D eigenvalue weighted by atomic mass is 16.6. The minimum absolute atomic E-state index is 0.00692. The molecule has 2 aliphatic rings. The zero-order valence-electron chi connectivity index (χ0n) is 27.0. The van der Waals surface area contributed by atoms with E-state index < -0.39 is 42.0 Å². The molecule has 0 heterocycles. The minimum atomic E-state index is -1.22. The Morgan fingerprint density at radius 2 is 1.46 bits per heavy atom. The van der Waals surface area contributed by atoms with Crippen molar-refractivity contribution in [3.63, 3.8) is 0 Å². The van der Waals surface area contributed by atoms with Crippen molar-refractivity contribution >= 4 is 29.9 Å². The molecular weight excluding hydrogens is 602 g/mol. The van der Waals surface area contributed by atoms with Gasteiger partial charge in [-0.3, -0.25) is 9.59 Å². The van der Waals surface area contributed by atoms with E-state index in [2.05, 4.69) is 33.1 Å². The molecule has 15 nitrogen and oxygen atoms in total. The monoisotopic (exact) mass is 653 g/mol. The second-order valence-corrected chi connectivity index (χ2v) is 11.7. The molecule has 0 aromatic carbocycles. The van der Waals surface area contributed by atoms with Gasteiger partial charge < -0.3 is 51.1 Å². The fraction of sp³-hybridized carbons (Fsp3) is 0.774. The Morgan fingerprint density at radius 1 is 0.848 bits per heavy atom. The lowest BCUT2D eigenvalue weighted by Gasteiger charge is -2.24. The minimum Gasteiger partial charge on any atom is -0.480 e. The summed E-state index contributed by atoms with van der Waals surface area (Å²) in [6.07, 6.45) is 4.00. The average Bonchev–Trinajstić information content (AvgIpc) is 3.64. The third kappa shape index (κ3) is 16.1. The lowest BCUT2D eigenvalue weighted by atomic mass is 10.0. The van der Waals surface area contributed by atoms with Gasteiger partial charge in [0.15, 0.2) is 0 Å². The molecule has 0 saturated heterocycles. The van der Waals surface area contributed by atoms with Crippen LogP contribution in [0.1, 0.15) is 58.8 Å². The Kier molecular flexibility index (Phi) is 18.5. The molecule has 15 heteroatoms. The Morgan fingerprint density at radius 3 is 2.04 bits per heavy atom. The highest BCUT2D eigenvalue weighted by molar-refractivity contribution is 5.90. The van der Waals surface area contributed by atoms with Crippen LogP contribution in [0.3, 0.4) is 0 Å². The number of carboxylic acids is 1. The number of primary amides is 1. The van der Waals surface area contributed by atoms with Gasteiger partial charge in [0.25, 0.3) is 0 Å². The second-order valence-electron chi connectivity index (χ2n) is 11.7. The molecule has 2 rings (SSSR count). The number of carboxylic acid groups (broad SMARTS) is 1. The van der Waals surface area contributed by atoms with Crippen LogP contribution in [0, 0.1) is 35.5 Å². The molecule has 5 atom stereocenters. The number of ether oxygens (including phenoxy) is 4. The number of fused-ring (bicyclic) bond motifs is 1. The van der Waals surface area contributed by atoms with Crippen molar-refractivity contribution in [3.05, 3.63) is 0 Å². The number of amides is 5. The number of alkyl carbamates (subject to hydrolysis) is 1. The van der Waals surface area contributed by atoms with Crippen LogP contribution < -0.4 is 27.0 Å². The van der Waals surface area contributed by atoms with Crippen LogP contribution in [0.15, 0.2) is 0 Å². The Balaban J connectivity index is 1.45. The topological polar surface area (TPSA) is 217 Å². The first-order valence-corrected chi connectivity index (χ1v) is 16.1. The number of hydrogen-bond acceptors (Lipinski definition) is 9. The summed E-state index contributed by atoms with van der Waals surface area (Å²) in [4.78, 5) is 59.3. The van der Waals surface area contributed by atoms with Crippen LogP contribution in [0.25, 0.3) is 0 Å². The van der Waals surface area contributed by atoms with Crippen LogP contribution in [0.4, 0.5) is 9.59 Å². The smallest absolute Gasteiger partial charge is 0.407 e. The molecule has 0 aromatic rings. The molecule has 46 heavy (non-hydrogen) atoms. The van der Waals surface area contributed by atoms with E-state index in [1.54, 1.807) is 13.8 Å². The van der Waals surface area contributed by atoms with Gasteiger partial charge in [-0.2, -0.15) is 0 Å². The molecular formula is C31H51N5O10. The normalized spacial score (nSPS) is 19.6. The summed E-state index contributed by atoms with van der Waals surface area (Å²) < 4.78 is 21.7. The summed E-state index contributed by atoms with van der Waals surface area (Å²) in [5, 5.41) is 19.5. The molecule has 0 bridgehead atoms. The molecule has 0 radical (unpaired) electrons. The summed E-state index contributed by atoms with van der Waals surface area (Å²) in [5.41, 5.74) is 4.98. The number of hydrogen-bond donors (Lipinski definition) is 6. The van der Waals surface area contributed by atoms with Crippen molar-refractivity contribution in [2.45, 2.75) is 70.9 Å².